The molecule has 0 radical (unpaired) electrons. The number of hydrogen-bond acceptors (Lipinski definition) is 2. The summed E-state index contributed by atoms with van der Waals surface area (Å²) in [6.07, 6.45) is 6.14. The number of anilines is 3. The summed E-state index contributed by atoms with van der Waals surface area (Å²) in [6, 6.07) is 56.3. The van der Waals surface area contributed by atoms with Crippen molar-refractivity contribution in [3.05, 3.63) is 174 Å². The Kier molecular flexibility index (Phi) is 7.21. The molecule has 0 aliphatic heterocycles. The van der Waals surface area contributed by atoms with E-state index in [1.54, 1.807) is 11.1 Å². The first-order valence-corrected chi connectivity index (χ1v) is 20.5. The van der Waals surface area contributed by atoms with Gasteiger partial charge in [0.1, 0.15) is 11.2 Å². The molecule has 1 fully saturated rings. The zero-order valence-electron chi connectivity index (χ0n) is 32.8. The Balaban J connectivity index is 1.14. The number of benzene rings is 7. The fraction of sp³-hybridized carbons (Fsp3) is 0.222. The summed E-state index contributed by atoms with van der Waals surface area (Å²) in [5.41, 5.74) is 19.4. The molecule has 0 N–H and O–H groups in total. The molecular formula is C54H47NO. The lowest BCUT2D eigenvalue weighted by atomic mass is 9.75. The standard InChI is InChI=1S/C54H47NO/c1-52(2)34-53(3,4)47-33-45-43(32-46(47)52)50-44(54(45)29-10-11-30-54)22-14-23-48(50)55(38-27-25-36(26-28-38)35-15-6-5-7-16-35)39-18-12-17-37(31-39)40-20-13-21-42-41-19-8-9-24-49(41)56-51(40)42/h5-9,12-28,31-33H,10-11,29-30,34H2,1-4H3. The fourth-order valence-corrected chi connectivity index (χ4v) is 11.3. The van der Waals surface area contributed by atoms with Crippen molar-refractivity contribution in [2.24, 2.45) is 0 Å². The van der Waals surface area contributed by atoms with Gasteiger partial charge in [-0.3, -0.25) is 0 Å². The van der Waals surface area contributed by atoms with Crippen LogP contribution in [-0.4, -0.2) is 0 Å². The van der Waals surface area contributed by atoms with E-state index in [1.807, 2.05) is 6.07 Å². The third-order valence-corrected chi connectivity index (χ3v) is 13.6. The molecule has 2 nitrogen and oxygen atoms in total. The molecule has 0 bridgehead atoms. The lowest BCUT2D eigenvalue weighted by Gasteiger charge is -2.30. The van der Waals surface area contributed by atoms with Gasteiger partial charge in [0.2, 0.25) is 0 Å². The molecule has 2 heteroatoms. The van der Waals surface area contributed by atoms with E-state index >= 15 is 0 Å². The Morgan fingerprint density at radius 3 is 1.95 bits per heavy atom. The van der Waals surface area contributed by atoms with Crippen LogP contribution in [0.1, 0.15) is 82.1 Å². The third kappa shape index (κ3) is 4.87. The van der Waals surface area contributed by atoms with Gasteiger partial charge in [-0.25, -0.2) is 0 Å². The zero-order valence-corrected chi connectivity index (χ0v) is 32.8. The topological polar surface area (TPSA) is 16.4 Å². The normalized spacial score (nSPS) is 17.0. The second-order valence-electron chi connectivity index (χ2n) is 18.0. The van der Waals surface area contributed by atoms with Crippen LogP contribution >= 0.6 is 0 Å². The number of fused-ring (bicyclic) bond motifs is 9. The fourth-order valence-electron chi connectivity index (χ4n) is 11.3. The second-order valence-corrected chi connectivity index (χ2v) is 18.0. The first-order valence-electron chi connectivity index (χ1n) is 20.5. The minimum absolute atomic E-state index is 0.0557. The van der Waals surface area contributed by atoms with E-state index in [9.17, 15) is 0 Å². The van der Waals surface area contributed by atoms with Gasteiger partial charge in [-0.1, -0.05) is 150 Å². The average molecular weight is 726 g/mol. The number of rotatable bonds is 5. The first-order chi connectivity index (χ1) is 27.2. The Labute approximate surface area is 330 Å². The second kappa shape index (κ2) is 12.1. The van der Waals surface area contributed by atoms with Gasteiger partial charge < -0.3 is 9.32 Å². The third-order valence-electron chi connectivity index (χ3n) is 13.6. The largest absolute Gasteiger partial charge is 0.455 e. The summed E-state index contributed by atoms with van der Waals surface area (Å²) < 4.78 is 6.57. The molecular weight excluding hydrogens is 679 g/mol. The molecule has 8 aromatic rings. The Morgan fingerprint density at radius 1 is 0.482 bits per heavy atom. The summed E-state index contributed by atoms with van der Waals surface area (Å²) in [4.78, 5) is 2.52. The van der Waals surface area contributed by atoms with E-state index < -0.39 is 0 Å². The maximum absolute atomic E-state index is 6.57. The van der Waals surface area contributed by atoms with Crippen LogP contribution in [0, 0.1) is 0 Å². The molecule has 274 valence electrons. The molecule has 56 heavy (non-hydrogen) atoms. The Bertz CT molecular complexity index is 2830. The molecule has 11 rings (SSSR count). The van der Waals surface area contributed by atoms with E-state index in [-0.39, 0.29) is 16.2 Å². The van der Waals surface area contributed by atoms with Crippen LogP contribution in [0.5, 0.6) is 0 Å². The molecule has 0 atom stereocenters. The highest BCUT2D eigenvalue weighted by atomic mass is 16.3. The molecule has 0 amide bonds. The SMILES string of the molecule is CC1(C)CC(C)(C)c2cc3c(cc21)-c1c(N(c2ccc(-c4ccccc4)cc2)c2cccc(-c4cccc5c4oc4ccccc45)c2)cccc1C31CCCC1. The van der Waals surface area contributed by atoms with Crippen molar-refractivity contribution in [1.29, 1.82) is 0 Å². The molecule has 1 heterocycles. The molecule has 1 aromatic heterocycles. The number of para-hydroxylation sites is 2. The molecule has 3 aliphatic rings. The van der Waals surface area contributed by atoms with Crippen molar-refractivity contribution in [2.75, 3.05) is 4.90 Å². The van der Waals surface area contributed by atoms with E-state index in [0.717, 1.165) is 44.4 Å². The van der Waals surface area contributed by atoms with Crippen molar-refractivity contribution in [3.63, 3.8) is 0 Å². The number of nitrogens with zero attached hydrogens (tertiary/aromatic N) is 1. The van der Waals surface area contributed by atoms with Gasteiger partial charge in [-0.15, -0.1) is 0 Å². The van der Waals surface area contributed by atoms with E-state index in [1.165, 1.54) is 71.2 Å². The molecule has 0 unspecified atom stereocenters. The van der Waals surface area contributed by atoms with Gasteiger partial charge in [-0.2, -0.15) is 0 Å². The quantitative estimate of drug-likeness (QED) is 0.176. The van der Waals surface area contributed by atoms with Gasteiger partial charge in [0.15, 0.2) is 0 Å². The van der Waals surface area contributed by atoms with Crippen LogP contribution in [0.4, 0.5) is 17.1 Å². The highest BCUT2D eigenvalue weighted by molar-refractivity contribution is 6.09. The molecule has 7 aromatic carbocycles. The zero-order chi connectivity index (χ0) is 37.8. The van der Waals surface area contributed by atoms with Crippen LogP contribution in [0.3, 0.4) is 0 Å². The molecule has 3 aliphatic carbocycles. The summed E-state index contributed by atoms with van der Waals surface area (Å²) in [5.74, 6) is 0. The molecule has 1 saturated carbocycles. The van der Waals surface area contributed by atoms with Crippen molar-refractivity contribution >= 4 is 39.0 Å². The van der Waals surface area contributed by atoms with E-state index in [2.05, 4.69) is 178 Å². The van der Waals surface area contributed by atoms with Gasteiger partial charge >= 0.3 is 0 Å². The minimum atomic E-state index is 0.0557. The summed E-state index contributed by atoms with van der Waals surface area (Å²) in [6.45, 7) is 9.83. The number of hydrogen-bond donors (Lipinski definition) is 0. The highest BCUT2D eigenvalue weighted by Gasteiger charge is 2.50. The van der Waals surface area contributed by atoms with Crippen molar-refractivity contribution in [1.82, 2.24) is 0 Å². The minimum Gasteiger partial charge on any atom is -0.455 e. The van der Waals surface area contributed by atoms with Gasteiger partial charge in [-0.05, 0) is 117 Å². The summed E-state index contributed by atoms with van der Waals surface area (Å²) in [7, 11) is 0. The van der Waals surface area contributed by atoms with Crippen LogP contribution in [0.2, 0.25) is 0 Å². The van der Waals surface area contributed by atoms with Gasteiger partial charge in [0, 0.05) is 38.7 Å². The Hall–Kier alpha value is -5.86. The maximum Gasteiger partial charge on any atom is 0.143 e. The summed E-state index contributed by atoms with van der Waals surface area (Å²) >= 11 is 0. The van der Waals surface area contributed by atoms with E-state index in [0.29, 0.717) is 0 Å². The van der Waals surface area contributed by atoms with Gasteiger partial charge in [0.05, 0.1) is 5.69 Å². The lowest BCUT2D eigenvalue weighted by Crippen LogP contribution is -2.22. The summed E-state index contributed by atoms with van der Waals surface area (Å²) in [5, 5.41) is 2.30. The van der Waals surface area contributed by atoms with Crippen LogP contribution in [-0.2, 0) is 16.2 Å². The monoisotopic (exact) mass is 725 g/mol. The number of furan rings is 1. The van der Waals surface area contributed by atoms with E-state index in [4.69, 9.17) is 4.42 Å². The maximum atomic E-state index is 6.57. The first kappa shape index (κ1) is 33.5. The molecule has 1 spiro atoms. The van der Waals surface area contributed by atoms with Crippen molar-refractivity contribution in [3.8, 4) is 33.4 Å². The molecule has 0 saturated heterocycles. The predicted molar refractivity (Wildman–Crippen MR) is 235 cm³/mol. The average Bonchev–Trinajstić information content (AvgIpc) is 3.97. The highest BCUT2D eigenvalue weighted by Crippen LogP contribution is 2.63. The van der Waals surface area contributed by atoms with Crippen LogP contribution < -0.4 is 4.90 Å². The van der Waals surface area contributed by atoms with Crippen molar-refractivity contribution in [2.45, 2.75) is 76.0 Å². The van der Waals surface area contributed by atoms with Crippen LogP contribution in [0.15, 0.2) is 156 Å². The van der Waals surface area contributed by atoms with Gasteiger partial charge in [0.25, 0.3) is 0 Å². The van der Waals surface area contributed by atoms with Crippen LogP contribution in [0.25, 0.3) is 55.3 Å². The van der Waals surface area contributed by atoms with Crippen molar-refractivity contribution < 1.29 is 4.42 Å². The Morgan fingerprint density at radius 2 is 1.14 bits per heavy atom. The predicted octanol–water partition coefficient (Wildman–Crippen LogP) is 15.2. The lowest BCUT2D eigenvalue weighted by molar-refractivity contribution is 0.403. The smallest absolute Gasteiger partial charge is 0.143 e.